The maximum Gasteiger partial charge on any atom is 0.306 e. The Morgan fingerprint density at radius 3 is 1.47 bits per heavy atom. The highest BCUT2D eigenvalue weighted by Crippen LogP contribution is 2.14. The highest BCUT2D eigenvalue weighted by atomic mass is 16.6. The van der Waals surface area contributed by atoms with Gasteiger partial charge in [0, 0.05) is 37.0 Å². The Kier molecular flexibility index (Phi) is 20.1. The van der Waals surface area contributed by atoms with Crippen molar-refractivity contribution in [3.05, 3.63) is 0 Å². The SMILES string of the molecule is CCCC(C=O)CCC(=O)OCC(COC(=O)CCC(C=O)CCC)OC(=O)CCCC(C=O)CC. The van der Waals surface area contributed by atoms with Gasteiger partial charge in [0.2, 0.25) is 0 Å². The molecule has 0 amide bonds. The zero-order valence-corrected chi connectivity index (χ0v) is 22.1. The molecule has 0 saturated heterocycles. The number of rotatable bonds is 23. The highest BCUT2D eigenvalue weighted by Gasteiger charge is 2.21. The molecule has 0 saturated carbocycles. The molecule has 36 heavy (non-hydrogen) atoms. The molecule has 0 heterocycles. The zero-order chi connectivity index (χ0) is 27.2. The smallest absolute Gasteiger partial charge is 0.306 e. The van der Waals surface area contributed by atoms with Gasteiger partial charge >= 0.3 is 17.9 Å². The largest absolute Gasteiger partial charge is 0.462 e. The van der Waals surface area contributed by atoms with E-state index in [2.05, 4.69) is 0 Å². The fraction of sp³-hybridized carbons (Fsp3) is 0.778. The van der Waals surface area contributed by atoms with Crippen LogP contribution in [-0.4, -0.2) is 56.1 Å². The Labute approximate surface area is 215 Å². The van der Waals surface area contributed by atoms with Gasteiger partial charge in [0.05, 0.1) is 0 Å². The second-order valence-electron chi connectivity index (χ2n) is 9.12. The molecule has 0 N–H and O–H groups in total. The summed E-state index contributed by atoms with van der Waals surface area (Å²) >= 11 is 0. The van der Waals surface area contributed by atoms with Crippen LogP contribution < -0.4 is 0 Å². The summed E-state index contributed by atoms with van der Waals surface area (Å²) in [5, 5.41) is 0. The third kappa shape index (κ3) is 16.9. The van der Waals surface area contributed by atoms with E-state index in [1.165, 1.54) is 0 Å². The summed E-state index contributed by atoms with van der Waals surface area (Å²) in [6.07, 6.45) is 7.29. The number of ether oxygens (including phenoxy) is 3. The van der Waals surface area contributed by atoms with Crippen molar-refractivity contribution in [3.63, 3.8) is 0 Å². The molecule has 0 radical (unpaired) electrons. The van der Waals surface area contributed by atoms with E-state index in [1.54, 1.807) is 0 Å². The minimum atomic E-state index is -0.978. The first kappa shape index (κ1) is 33.4. The van der Waals surface area contributed by atoms with Gasteiger partial charge in [-0.1, -0.05) is 33.6 Å². The zero-order valence-electron chi connectivity index (χ0n) is 22.1. The van der Waals surface area contributed by atoms with Crippen molar-refractivity contribution in [1.29, 1.82) is 0 Å². The Balaban J connectivity index is 4.79. The molecule has 0 aliphatic carbocycles. The molecule has 9 heteroatoms. The lowest BCUT2D eigenvalue weighted by Crippen LogP contribution is -2.31. The molecular weight excluding hydrogens is 468 g/mol. The normalized spacial score (nSPS) is 14.1. The minimum absolute atomic E-state index is 0.0540. The Hall–Kier alpha value is -2.58. The first-order chi connectivity index (χ1) is 17.3. The molecule has 0 aliphatic heterocycles. The maximum absolute atomic E-state index is 12.3. The average Bonchev–Trinajstić information content (AvgIpc) is 2.88. The van der Waals surface area contributed by atoms with Crippen LogP contribution >= 0.6 is 0 Å². The Morgan fingerprint density at radius 2 is 1.08 bits per heavy atom. The quantitative estimate of drug-likeness (QED) is 0.112. The number of hydrogen-bond donors (Lipinski definition) is 0. The third-order valence-electron chi connectivity index (χ3n) is 5.97. The number of carbonyl (C=O) groups excluding carboxylic acids is 6. The van der Waals surface area contributed by atoms with E-state index in [0.717, 1.165) is 31.7 Å². The fourth-order valence-electron chi connectivity index (χ4n) is 3.66. The maximum atomic E-state index is 12.3. The molecule has 0 fully saturated rings. The molecular formula is C27H44O9. The van der Waals surface area contributed by atoms with Crippen molar-refractivity contribution in [2.24, 2.45) is 17.8 Å². The number of esters is 3. The lowest BCUT2D eigenvalue weighted by Gasteiger charge is -2.19. The second kappa shape index (κ2) is 21.7. The molecule has 3 unspecified atom stereocenters. The van der Waals surface area contributed by atoms with E-state index >= 15 is 0 Å². The van der Waals surface area contributed by atoms with Gasteiger partial charge in [0.15, 0.2) is 6.10 Å². The van der Waals surface area contributed by atoms with Crippen molar-refractivity contribution < 1.29 is 43.0 Å². The van der Waals surface area contributed by atoms with E-state index in [0.29, 0.717) is 44.9 Å². The van der Waals surface area contributed by atoms with Crippen molar-refractivity contribution in [3.8, 4) is 0 Å². The molecule has 0 rings (SSSR count). The number of aldehydes is 3. The van der Waals surface area contributed by atoms with Gasteiger partial charge in [-0.15, -0.1) is 0 Å². The first-order valence-electron chi connectivity index (χ1n) is 13.2. The van der Waals surface area contributed by atoms with E-state index in [1.807, 2.05) is 20.8 Å². The van der Waals surface area contributed by atoms with Gasteiger partial charge in [0.1, 0.15) is 32.1 Å². The van der Waals surface area contributed by atoms with Crippen LogP contribution in [0.4, 0.5) is 0 Å². The van der Waals surface area contributed by atoms with Gasteiger partial charge in [-0.25, -0.2) is 0 Å². The average molecular weight is 513 g/mol. The van der Waals surface area contributed by atoms with Crippen LogP contribution in [0, 0.1) is 17.8 Å². The van der Waals surface area contributed by atoms with Gasteiger partial charge in [0.25, 0.3) is 0 Å². The molecule has 0 bridgehead atoms. The van der Waals surface area contributed by atoms with Gasteiger partial charge in [-0.2, -0.15) is 0 Å². The van der Waals surface area contributed by atoms with Crippen LogP contribution in [0.25, 0.3) is 0 Å². The summed E-state index contributed by atoms with van der Waals surface area (Å²) in [5.74, 6) is -2.13. The lowest BCUT2D eigenvalue weighted by atomic mass is 10.00. The van der Waals surface area contributed by atoms with Crippen LogP contribution in [0.1, 0.15) is 97.8 Å². The number of carbonyl (C=O) groups is 6. The van der Waals surface area contributed by atoms with Gasteiger partial charge in [-0.05, 0) is 44.9 Å². The highest BCUT2D eigenvalue weighted by molar-refractivity contribution is 5.71. The van der Waals surface area contributed by atoms with E-state index in [9.17, 15) is 28.8 Å². The van der Waals surface area contributed by atoms with Crippen LogP contribution in [0.3, 0.4) is 0 Å². The van der Waals surface area contributed by atoms with Gasteiger partial charge < -0.3 is 28.6 Å². The van der Waals surface area contributed by atoms with Crippen molar-refractivity contribution in [1.82, 2.24) is 0 Å². The van der Waals surface area contributed by atoms with E-state index < -0.39 is 24.0 Å². The summed E-state index contributed by atoms with van der Waals surface area (Å²) in [4.78, 5) is 69.6. The molecule has 3 atom stereocenters. The van der Waals surface area contributed by atoms with Crippen molar-refractivity contribution in [2.75, 3.05) is 13.2 Å². The topological polar surface area (TPSA) is 130 Å². The van der Waals surface area contributed by atoms with Crippen LogP contribution in [0.5, 0.6) is 0 Å². The third-order valence-corrected chi connectivity index (χ3v) is 5.97. The van der Waals surface area contributed by atoms with Crippen LogP contribution in [0.2, 0.25) is 0 Å². The van der Waals surface area contributed by atoms with Gasteiger partial charge in [-0.3, -0.25) is 14.4 Å². The Bertz CT molecular complexity index is 624. The predicted molar refractivity (Wildman–Crippen MR) is 133 cm³/mol. The summed E-state index contributed by atoms with van der Waals surface area (Å²) in [7, 11) is 0. The van der Waals surface area contributed by atoms with Crippen molar-refractivity contribution in [2.45, 2.75) is 104 Å². The molecule has 0 aliphatic rings. The molecule has 0 aromatic heterocycles. The van der Waals surface area contributed by atoms with Crippen LogP contribution in [-0.2, 0) is 43.0 Å². The van der Waals surface area contributed by atoms with E-state index in [4.69, 9.17) is 14.2 Å². The summed E-state index contributed by atoms with van der Waals surface area (Å²) < 4.78 is 15.8. The predicted octanol–water partition coefficient (Wildman–Crippen LogP) is 4.17. The fourth-order valence-corrected chi connectivity index (χ4v) is 3.66. The summed E-state index contributed by atoms with van der Waals surface area (Å²) in [6.45, 7) is 5.25. The minimum Gasteiger partial charge on any atom is -0.462 e. The van der Waals surface area contributed by atoms with E-state index in [-0.39, 0.29) is 50.2 Å². The summed E-state index contributed by atoms with van der Waals surface area (Å²) in [5.41, 5.74) is 0. The molecule has 206 valence electrons. The standard InChI is InChI=1S/C27H44O9/c1-4-8-22(17-29)12-14-25(31)34-19-24(36-27(33)11-7-10-21(6-3)16-28)20-35-26(32)15-13-23(18-30)9-5-2/h16-18,21-24H,4-15,19-20H2,1-3H3. The second-order valence-corrected chi connectivity index (χ2v) is 9.12. The Morgan fingerprint density at radius 1 is 0.611 bits per heavy atom. The number of hydrogen-bond acceptors (Lipinski definition) is 9. The first-order valence-corrected chi connectivity index (χ1v) is 13.2. The molecule has 0 aromatic carbocycles. The molecule has 0 aromatic rings. The van der Waals surface area contributed by atoms with Crippen molar-refractivity contribution >= 4 is 36.8 Å². The lowest BCUT2D eigenvalue weighted by molar-refractivity contribution is -0.167. The summed E-state index contributed by atoms with van der Waals surface area (Å²) in [6, 6.07) is 0. The monoisotopic (exact) mass is 512 g/mol. The van der Waals surface area contributed by atoms with Crippen LogP contribution in [0.15, 0.2) is 0 Å². The molecule has 9 nitrogen and oxygen atoms in total. The molecule has 0 spiro atoms.